The summed E-state index contributed by atoms with van der Waals surface area (Å²) in [7, 11) is 0. The van der Waals surface area contributed by atoms with Crippen LogP contribution in [0.2, 0.25) is 0 Å². The first kappa shape index (κ1) is 15.2. The average Bonchev–Trinajstić information content (AvgIpc) is 2.91. The lowest BCUT2D eigenvalue weighted by molar-refractivity contribution is 0.111. The van der Waals surface area contributed by atoms with Gasteiger partial charge >= 0.3 is 6.03 Å². The maximum absolute atomic E-state index is 11.4. The van der Waals surface area contributed by atoms with E-state index in [-0.39, 0.29) is 6.03 Å². The minimum absolute atomic E-state index is 0.0748. The van der Waals surface area contributed by atoms with Gasteiger partial charge in [0, 0.05) is 19.2 Å². The van der Waals surface area contributed by atoms with Crippen molar-refractivity contribution >= 4 is 12.3 Å². The maximum Gasteiger partial charge on any atom is 0.317 e. The second-order valence-electron chi connectivity index (χ2n) is 4.73. The Morgan fingerprint density at radius 2 is 2.19 bits per heavy atom. The molecule has 1 aromatic carbocycles. The molecular formula is C15H20N2O4. The third kappa shape index (κ3) is 4.11. The van der Waals surface area contributed by atoms with E-state index in [9.17, 15) is 9.59 Å². The molecule has 6 nitrogen and oxygen atoms in total. The number of carbonyl (C=O) groups excluding carboxylic acids is 2. The molecular weight excluding hydrogens is 272 g/mol. The van der Waals surface area contributed by atoms with Crippen LogP contribution < -0.4 is 14.8 Å². The summed E-state index contributed by atoms with van der Waals surface area (Å²) in [6, 6.07) is 5.06. The van der Waals surface area contributed by atoms with Crippen LogP contribution in [0.15, 0.2) is 18.2 Å². The Bertz CT molecular complexity index is 504. The van der Waals surface area contributed by atoms with Crippen LogP contribution >= 0.6 is 0 Å². The van der Waals surface area contributed by atoms with Gasteiger partial charge in [-0.15, -0.1) is 0 Å². The highest BCUT2D eigenvalue weighted by atomic mass is 16.5. The Hall–Kier alpha value is -2.24. The van der Waals surface area contributed by atoms with E-state index in [4.69, 9.17) is 9.47 Å². The minimum atomic E-state index is -0.0748. The molecule has 2 amide bonds. The standard InChI is InChI=1S/C15H20N2O4/c1-2-8-20-13-4-3-12(11-18)14(10-13)21-9-7-17-6-5-16-15(17)19/h3-4,10-11H,2,5-9H2,1H3,(H,16,19). The molecule has 1 N–H and O–H groups in total. The van der Waals surface area contributed by atoms with Gasteiger partial charge in [0.2, 0.25) is 0 Å². The van der Waals surface area contributed by atoms with Gasteiger partial charge in [-0.05, 0) is 18.6 Å². The van der Waals surface area contributed by atoms with Crippen molar-refractivity contribution in [3.05, 3.63) is 23.8 Å². The Morgan fingerprint density at radius 3 is 2.86 bits per heavy atom. The SMILES string of the molecule is CCCOc1ccc(C=O)c(OCCN2CCNC2=O)c1. The van der Waals surface area contributed by atoms with Gasteiger partial charge in [-0.25, -0.2) is 4.79 Å². The molecule has 0 aromatic heterocycles. The molecule has 0 atom stereocenters. The van der Waals surface area contributed by atoms with Crippen LogP contribution in [0.4, 0.5) is 4.79 Å². The van der Waals surface area contributed by atoms with E-state index < -0.39 is 0 Å². The molecule has 0 spiro atoms. The molecule has 1 aromatic rings. The van der Waals surface area contributed by atoms with Crippen LogP contribution in [0.1, 0.15) is 23.7 Å². The van der Waals surface area contributed by atoms with Crippen molar-refractivity contribution in [2.45, 2.75) is 13.3 Å². The number of urea groups is 1. The predicted molar refractivity (Wildman–Crippen MR) is 78.1 cm³/mol. The van der Waals surface area contributed by atoms with Crippen LogP contribution in [0.5, 0.6) is 11.5 Å². The highest BCUT2D eigenvalue weighted by molar-refractivity contribution is 5.79. The number of hydrogen-bond donors (Lipinski definition) is 1. The predicted octanol–water partition coefficient (Wildman–Crippen LogP) is 1.69. The number of benzene rings is 1. The van der Waals surface area contributed by atoms with Crippen LogP contribution in [0, 0.1) is 0 Å². The number of amides is 2. The molecule has 0 radical (unpaired) electrons. The zero-order valence-corrected chi connectivity index (χ0v) is 12.1. The van der Waals surface area contributed by atoms with E-state index in [1.165, 1.54) is 0 Å². The van der Waals surface area contributed by atoms with Crippen molar-refractivity contribution in [3.63, 3.8) is 0 Å². The molecule has 0 aliphatic carbocycles. The number of hydrogen-bond acceptors (Lipinski definition) is 4. The third-order valence-electron chi connectivity index (χ3n) is 3.15. The summed E-state index contributed by atoms with van der Waals surface area (Å²) in [4.78, 5) is 24.1. The van der Waals surface area contributed by atoms with E-state index in [0.29, 0.717) is 49.9 Å². The van der Waals surface area contributed by atoms with Gasteiger partial charge in [-0.3, -0.25) is 4.79 Å². The molecule has 21 heavy (non-hydrogen) atoms. The maximum atomic E-state index is 11.4. The van der Waals surface area contributed by atoms with Crippen LogP contribution in [-0.4, -0.2) is 50.1 Å². The summed E-state index contributed by atoms with van der Waals surface area (Å²) >= 11 is 0. The Balaban J connectivity index is 1.93. The molecule has 2 rings (SSSR count). The number of nitrogens with zero attached hydrogens (tertiary/aromatic N) is 1. The fourth-order valence-corrected chi connectivity index (χ4v) is 2.04. The Labute approximate surface area is 124 Å². The van der Waals surface area contributed by atoms with Gasteiger partial charge in [0.1, 0.15) is 18.1 Å². The topological polar surface area (TPSA) is 67.9 Å². The molecule has 1 heterocycles. The van der Waals surface area contributed by atoms with Crippen LogP contribution in [0.25, 0.3) is 0 Å². The smallest absolute Gasteiger partial charge is 0.317 e. The largest absolute Gasteiger partial charge is 0.493 e. The van der Waals surface area contributed by atoms with Crippen molar-refractivity contribution in [2.24, 2.45) is 0 Å². The molecule has 0 unspecified atom stereocenters. The summed E-state index contributed by atoms with van der Waals surface area (Å²) in [5, 5.41) is 2.73. The van der Waals surface area contributed by atoms with Crippen molar-refractivity contribution in [1.82, 2.24) is 10.2 Å². The lowest BCUT2D eigenvalue weighted by Crippen LogP contribution is -2.31. The van der Waals surface area contributed by atoms with Crippen LogP contribution in [0.3, 0.4) is 0 Å². The first-order chi connectivity index (χ1) is 10.2. The fourth-order valence-electron chi connectivity index (χ4n) is 2.04. The average molecular weight is 292 g/mol. The van der Waals surface area contributed by atoms with Crippen molar-refractivity contribution in [2.75, 3.05) is 32.8 Å². The first-order valence-corrected chi connectivity index (χ1v) is 7.12. The van der Waals surface area contributed by atoms with Gasteiger partial charge in [0.05, 0.1) is 18.7 Å². The van der Waals surface area contributed by atoms with E-state index in [0.717, 1.165) is 12.7 Å². The monoisotopic (exact) mass is 292 g/mol. The molecule has 1 saturated heterocycles. The van der Waals surface area contributed by atoms with E-state index >= 15 is 0 Å². The van der Waals surface area contributed by atoms with Gasteiger partial charge in [0.15, 0.2) is 6.29 Å². The number of carbonyl (C=O) groups is 2. The normalized spacial score (nSPS) is 14.0. The summed E-state index contributed by atoms with van der Waals surface area (Å²) < 4.78 is 11.1. The second kappa shape index (κ2) is 7.52. The zero-order valence-electron chi connectivity index (χ0n) is 12.1. The number of rotatable bonds is 8. The van der Waals surface area contributed by atoms with Crippen molar-refractivity contribution in [1.29, 1.82) is 0 Å². The molecule has 0 bridgehead atoms. The highest BCUT2D eigenvalue weighted by Gasteiger charge is 2.18. The van der Waals surface area contributed by atoms with Gasteiger partial charge in [0.25, 0.3) is 0 Å². The zero-order chi connectivity index (χ0) is 15.1. The van der Waals surface area contributed by atoms with E-state index in [2.05, 4.69) is 5.32 Å². The highest BCUT2D eigenvalue weighted by Crippen LogP contribution is 2.24. The lowest BCUT2D eigenvalue weighted by Gasteiger charge is -2.15. The molecule has 1 fully saturated rings. The van der Waals surface area contributed by atoms with Gasteiger partial charge in [-0.1, -0.05) is 6.92 Å². The van der Waals surface area contributed by atoms with Crippen molar-refractivity contribution in [3.8, 4) is 11.5 Å². The first-order valence-electron chi connectivity index (χ1n) is 7.12. The van der Waals surface area contributed by atoms with E-state index in [1.807, 2.05) is 6.92 Å². The summed E-state index contributed by atoms with van der Waals surface area (Å²) in [6.07, 6.45) is 1.66. The summed E-state index contributed by atoms with van der Waals surface area (Å²) in [6.45, 7) is 4.82. The van der Waals surface area contributed by atoms with E-state index in [1.54, 1.807) is 23.1 Å². The van der Waals surface area contributed by atoms with Crippen molar-refractivity contribution < 1.29 is 19.1 Å². The summed E-state index contributed by atoms with van der Waals surface area (Å²) in [5.41, 5.74) is 0.477. The molecule has 6 heteroatoms. The van der Waals surface area contributed by atoms with Gasteiger partial charge in [-0.2, -0.15) is 0 Å². The number of ether oxygens (including phenoxy) is 2. The Kier molecular flexibility index (Phi) is 5.43. The molecule has 114 valence electrons. The molecule has 0 saturated carbocycles. The third-order valence-corrected chi connectivity index (χ3v) is 3.15. The number of aldehydes is 1. The quantitative estimate of drug-likeness (QED) is 0.740. The molecule has 1 aliphatic rings. The molecule has 1 aliphatic heterocycles. The second-order valence-corrected chi connectivity index (χ2v) is 4.73. The number of nitrogens with one attached hydrogen (secondary N) is 1. The fraction of sp³-hybridized carbons (Fsp3) is 0.467. The lowest BCUT2D eigenvalue weighted by atomic mass is 10.2. The summed E-state index contributed by atoms with van der Waals surface area (Å²) in [5.74, 6) is 1.16. The Morgan fingerprint density at radius 1 is 1.33 bits per heavy atom. The van der Waals surface area contributed by atoms with Gasteiger partial charge < -0.3 is 19.7 Å². The van der Waals surface area contributed by atoms with Crippen LogP contribution in [-0.2, 0) is 0 Å². The minimum Gasteiger partial charge on any atom is -0.493 e.